The van der Waals surface area contributed by atoms with E-state index >= 15 is 0 Å². The Bertz CT molecular complexity index is 164. The average Bonchev–Trinajstić information content (AvgIpc) is 2.07. The molecule has 0 aromatic carbocycles. The van der Waals surface area contributed by atoms with Gasteiger partial charge in [-0.1, -0.05) is 13.3 Å². The van der Waals surface area contributed by atoms with E-state index in [1.54, 1.807) is 0 Å². The van der Waals surface area contributed by atoms with Crippen molar-refractivity contribution in [3.8, 4) is 0 Å². The SMILES string of the molecule is CCCC(CC1COC1)C(=O)OC. The molecule has 0 amide bonds. The highest BCUT2D eigenvalue weighted by atomic mass is 16.5. The lowest BCUT2D eigenvalue weighted by molar-refractivity contribution is -0.148. The largest absolute Gasteiger partial charge is 0.469 e. The summed E-state index contributed by atoms with van der Waals surface area (Å²) in [5, 5.41) is 0. The molecule has 1 heterocycles. The number of rotatable bonds is 5. The molecular formula is C10H18O3. The van der Waals surface area contributed by atoms with Crippen molar-refractivity contribution in [3.63, 3.8) is 0 Å². The van der Waals surface area contributed by atoms with Crippen LogP contribution in [0.4, 0.5) is 0 Å². The van der Waals surface area contributed by atoms with Crippen LogP contribution in [0.1, 0.15) is 26.2 Å². The zero-order chi connectivity index (χ0) is 9.68. The second-order valence-corrected chi connectivity index (χ2v) is 3.65. The molecule has 0 aromatic heterocycles. The minimum absolute atomic E-state index is 0.0613. The zero-order valence-corrected chi connectivity index (χ0v) is 8.41. The zero-order valence-electron chi connectivity index (χ0n) is 8.41. The van der Waals surface area contributed by atoms with E-state index in [1.165, 1.54) is 7.11 Å². The Kier molecular flexibility index (Phi) is 4.22. The van der Waals surface area contributed by atoms with Gasteiger partial charge in [0.25, 0.3) is 0 Å². The highest BCUT2D eigenvalue weighted by Gasteiger charge is 2.27. The van der Waals surface area contributed by atoms with Crippen molar-refractivity contribution in [3.05, 3.63) is 0 Å². The molecule has 1 fully saturated rings. The first kappa shape index (κ1) is 10.5. The highest BCUT2D eigenvalue weighted by molar-refractivity contribution is 5.72. The van der Waals surface area contributed by atoms with Gasteiger partial charge in [0, 0.05) is 5.92 Å². The van der Waals surface area contributed by atoms with Gasteiger partial charge in [-0.15, -0.1) is 0 Å². The van der Waals surface area contributed by atoms with E-state index in [0.717, 1.165) is 32.5 Å². The number of methoxy groups -OCH3 is 1. The maximum Gasteiger partial charge on any atom is 0.308 e. The van der Waals surface area contributed by atoms with Crippen LogP contribution in [0, 0.1) is 11.8 Å². The van der Waals surface area contributed by atoms with E-state index in [-0.39, 0.29) is 11.9 Å². The fourth-order valence-electron chi connectivity index (χ4n) is 1.67. The molecule has 3 heteroatoms. The fourth-order valence-corrected chi connectivity index (χ4v) is 1.67. The van der Waals surface area contributed by atoms with Crippen LogP contribution in [-0.4, -0.2) is 26.3 Å². The maximum absolute atomic E-state index is 11.3. The molecule has 13 heavy (non-hydrogen) atoms. The number of hydrogen-bond donors (Lipinski definition) is 0. The summed E-state index contributed by atoms with van der Waals surface area (Å²) in [4.78, 5) is 11.3. The molecule has 76 valence electrons. The normalized spacial score (nSPS) is 19.2. The Hall–Kier alpha value is -0.570. The van der Waals surface area contributed by atoms with Crippen LogP contribution in [-0.2, 0) is 14.3 Å². The molecular weight excluding hydrogens is 168 g/mol. The molecule has 1 unspecified atom stereocenters. The van der Waals surface area contributed by atoms with Crippen LogP contribution in [0.5, 0.6) is 0 Å². The van der Waals surface area contributed by atoms with Crippen molar-refractivity contribution < 1.29 is 14.3 Å². The van der Waals surface area contributed by atoms with Crippen molar-refractivity contribution in [2.75, 3.05) is 20.3 Å². The summed E-state index contributed by atoms with van der Waals surface area (Å²) in [6, 6.07) is 0. The molecule has 3 nitrogen and oxygen atoms in total. The molecule has 0 bridgehead atoms. The third-order valence-corrected chi connectivity index (χ3v) is 2.50. The molecule has 0 N–H and O–H groups in total. The van der Waals surface area contributed by atoms with Crippen molar-refractivity contribution in [1.29, 1.82) is 0 Å². The summed E-state index contributed by atoms with van der Waals surface area (Å²) >= 11 is 0. The Morgan fingerprint density at radius 2 is 2.31 bits per heavy atom. The van der Waals surface area contributed by atoms with Crippen LogP contribution in [0.2, 0.25) is 0 Å². The van der Waals surface area contributed by atoms with Crippen molar-refractivity contribution >= 4 is 5.97 Å². The number of esters is 1. The summed E-state index contributed by atoms with van der Waals surface area (Å²) in [5.74, 6) is 0.605. The molecule has 0 saturated carbocycles. The summed E-state index contributed by atoms with van der Waals surface area (Å²) < 4.78 is 9.83. The molecule has 1 aliphatic rings. The minimum atomic E-state index is -0.0613. The lowest BCUT2D eigenvalue weighted by Gasteiger charge is -2.28. The highest BCUT2D eigenvalue weighted by Crippen LogP contribution is 2.23. The minimum Gasteiger partial charge on any atom is -0.469 e. The third-order valence-electron chi connectivity index (χ3n) is 2.50. The van der Waals surface area contributed by atoms with Crippen LogP contribution < -0.4 is 0 Å². The Balaban J connectivity index is 2.31. The molecule has 1 aliphatic heterocycles. The van der Waals surface area contributed by atoms with Gasteiger partial charge in [0.2, 0.25) is 0 Å². The van der Waals surface area contributed by atoms with Crippen LogP contribution >= 0.6 is 0 Å². The van der Waals surface area contributed by atoms with Crippen molar-refractivity contribution in [1.82, 2.24) is 0 Å². The average molecular weight is 186 g/mol. The second-order valence-electron chi connectivity index (χ2n) is 3.65. The molecule has 1 saturated heterocycles. The van der Waals surface area contributed by atoms with Crippen LogP contribution in [0.3, 0.4) is 0 Å². The maximum atomic E-state index is 11.3. The van der Waals surface area contributed by atoms with Crippen LogP contribution in [0.25, 0.3) is 0 Å². The topological polar surface area (TPSA) is 35.5 Å². The monoisotopic (exact) mass is 186 g/mol. The quantitative estimate of drug-likeness (QED) is 0.612. The number of hydrogen-bond acceptors (Lipinski definition) is 3. The Morgan fingerprint density at radius 3 is 2.69 bits per heavy atom. The van der Waals surface area contributed by atoms with Gasteiger partial charge in [-0.25, -0.2) is 0 Å². The fraction of sp³-hybridized carbons (Fsp3) is 0.900. The van der Waals surface area contributed by atoms with E-state index in [4.69, 9.17) is 9.47 Å². The number of ether oxygens (including phenoxy) is 2. The first-order chi connectivity index (χ1) is 6.27. The summed E-state index contributed by atoms with van der Waals surface area (Å²) in [5.41, 5.74) is 0. The predicted octanol–water partition coefficient (Wildman–Crippen LogP) is 1.61. The number of carbonyl (C=O) groups is 1. The van der Waals surface area contributed by atoms with Gasteiger partial charge >= 0.3 is 5.97 Å². The van der Waals surface area contributed by atoms with Gasteiger partial charge in [0.15, 0.2) is 0 Å². The second kappa shape index (κ2) is 5.22. The Labute approximate surface area is 79.4 Å². The van der Waals surface area contributed by atoms with Gasteiger partial charge in [-0.05, 0) is 12.8 Å². The lowest BCUT2D eigenvalue weighted by atomic mass is 9.90. The van der Waals surface area contributed by atoms with E-state index in [2.05, 4.69) is 6.92 Å². The van der Waals surface area contributed by atoms with Crippen LogP contribution in [0.15, 0.2) is 0 Å². The summed E-state index contributed by atoms with van der Waals surface area (Å²) in [6.45, 7) is 3.72. The smallest absolute Gasteiger partial charge is 0.308 e. The molecule has 1 atom stereocenters. The van der Waals surface area contributed by atoms with Gasteiger partial charge in [-0.3, -0.25) is 4.79 Å². The van der Waals surface area contributed by atoms with E-state index in [0.29, 0.717) is 5.92 Å². The van der Waals surface area contributed by atoms with Gasteiger partial charge in [-0.2, -0.15) is 0 Å². The predicted molar refractivity (Wildman–Crippen MR) is 49.3 cm³/mol. The molecule has 0 spiro atoms. The number of carbonyl (C=O) groups excluding carboxylic acids is 1. The van der Waals surface area contributed by atoms with E-state index in [9.17, 15) is 4.79 Å². The molecule has 0 radical (unpaired) electrons. The van der Waals surface area contributed by atoms with Crippen molar-refractivity contribution in [2.24, 2.45) is 11.8 Å². The molecule has 0 aliphatic carbocycles. The van der Waals surface area contributed by atoms with E-state index in [1.807, 2.05) is 0 Å². The van der Waals surface area contributed by atoms with Gasteiger partial charge in [0.1, 0.15) is 0 Å². The first-order valence-electron chi connectivity index (χ1n) is 4.93. The van der Waals surface area contributed by atoms with Gasteiger partial charge in [0.05, 0.1) is 26.2 Å². The van der Waals surface area contributed by atoms with Gasteiger partial charge < -0.3 is 9.47 Å². The van der Waals surface area contributed by atoms with E-state index < -0.39 is 0 Å². The third kappa shape index (κ3) is 2.99. The lowest BCUT2D eigenvalue weighted by Crippen LogP contribution is -2.32. The standard InChI is InChI=1S/C10H18O3/c1-3-4-9(10(11)12-2)5-8-6-13-7-8/h8-9H,3-7H2,1-2H3. The summed E-state index contributed by atoms with van der Waals surface area (Å²) in [7, 11) is 1.46. The Morgan fingerprint density at radius 1 is 1.62 bits per heavy atom. The first-order valence-corrected chi connectivity index (χ1v) is 4.93. The van der Waals surface area contributed by atoms with Crippen molar-refractivity contribution in [2.45, 2.75) is 26.2 Å². The summed E-state index contributed by atoms with van der Waals surface area (Å²) in [6.07, 6.45) is 2.90. The molecule has 1 rings (SSSR count). The molecule has 0 aromatic rings.